The van der Waals surface area contributed by atoms with Gasteiger partial charge in [0.25, 0.3) is 5.91 Å². The Bertz CT molecular complexity index is 1440. The topological polar surface area (TPSA) is 131 Å². The van der Waals surface area contributed by atoms with Crippen molar-refractivity contribution < 1.29 is 23.5 Å². The number of benzene rings is 2. The number of hydrogen-bond acceptors (Lipinski definition) is 9. The molecule has 0 aliphatic carbocycles. The average molecular weight is 519 g/mol. The molecule has 4 rings (SSSR count). The predicted molar refractivity (Wildman–Crippen MR) is 144 cm³/mol. The van der Waals surface area contributed by atoms with E-state index in [1.54, 1.807) is 63.7 Å². The van der Waals surface area contributed by atoms with E-state index in [0.717, 1.165) is 0 Å². The number of methoxy groups -OCH3 is 1. The number of anilines is 3. The van der Waals surface area contributed by atoms with E-state index in [1.807, 2.05) is 24.1 Å². The summed E-state index contributed by atoms with van der Waals surface area (Å²) < 4.78 is 16.7. The number of amides is 2. The zero-order valence-corrected chi connectivity index (χ0v) is 21.7. The van der Waals surface area contributed by atoms with Crippen LogP contribution in [-0.4, -0.2) is 67.6 Å². The van der Waals surface area contributed by atoms with Crippen molar-refractivity contribution in [3.05, 3.63) is 66.1 Å². The maximum absolute atomic E-state index is 12.3. The van der Waals surface area contributed by atoms with Crippen LogP contribution in [0.4, 0.5) is 17.3 Å². The van der Waals surface area contributed by atoms with Crippen molar-refractivity contribution in [2.24, 2.45) is 0 Å². The molecule has 0 atom stereocenters. The number of hydrogen-bond donors (Lipinski definition) is 3. The Balaban J connectivity index is 1.42. The molecule has 2 aromatic heterocycles. The number of ether oxygens (including phenoxy) is 2. The summed E-state index contributed by atoms with van der Waals surface area (Å²) in [4.78, 5) is 35.1. The predicted octanol–water partition coefficient (Wildman–Crippen LogP) is 3.94. The fraction of sp³-hybridized carbons (Fsp3) is 0.259. The van der Waals surface area contributed by atoms with Gasteiger partial charge in [-0.15, -0.1) is 0 Å². The van der Waals surface area contributed by atoms with Gasteiger partial charge in [-0.1, -0.05) is 6.07 Å². The third-order valence-electron chi connectivity index (χ3n) is 5.64. The first-order chi connectivity index (χ1) is 18.4. The zero-order chi connectivity index (χ0) is 27.1. The second-order valence-electron chi connectivity index (χ2n) is 8.58. The molecule has 3 N–H and O–H groups in total. The van der Waals surface area contributed by atoms with Crippen LogP contribution in [0.3, 0.4) is 0 Å². The number of carbonyl (C=O) groups is 2. The van der Waals surface area contributed by atoms with E-state index in [9.17, 15) is 9.59 Å². The molecule has 2 amide bonds. The Kier molecular flexibility index (Phi) is 8.51. The molecule has 0 aliphatic rings. The summed E-state index contributed by atoms with van der Waals surface area (Å²) in [5, 5.41) is 9.35. The summed E-state index contributed by atoms with van der Waals surface area (Å²) in [6, 6.07) is 14.1. The minimum Gasteiger partial charge on any atom is -0.460 e. The van der Waals surface area contributed by atoms with Gasteiger partial charge in [0.2, 0.25) is 17.7 Å². The molecule has 0 aliphatic heterocycles. The second kappa shape index (κ2) is 12.2. The van der Waals surface area contributed by atoms with E-state index >= 15 is 0 Å². The molecule has 0 bridgehead atoms. The highest BCUT2D eigenvalue weighted by Gasteiger charge is 2.18. The molecule has 4 aromatic rings. The monoisotopic (exact) mass is 518 g/mol. The van der Waals surface area contributed by atoms with E-state index in [0.29, 0.717) is 64.4 Å². The largest absolute Gasteiger partial charge is 0.460 e. The van der Waals surface area contributed by atoms with Gasteiger partial charge < -0.3 is 29.8 Å². The number of nitrogens with one attached hydrogen (secondary N) is 3. The van der Waals surface area contributed by atoms with Gasteiger partial charge in [0.05, 0.1) is 18.7 Å². The molecular formula is C27H30N6O5. The van der Waals surface area contributed by atoms with E-state index in [1.165, 1.54) is 0 Å². The van der Waals surface area contributed by atoms with Crippen LogP contribution >= 0.6 is 0 Å². The highest BCUT2D eigenvalue weighted by molar-refractivity contribution is 6.07. The Morgan fingerprint density at radius 2 is 1.92 bits per heavy atom. The van der Waals surface area contributed by atoms with Gasteiger partial charge in [-0.25, -0.2) is 4.98 Å². The number of rotatable bonds is 11. The molecular weight excluding hydrogens is 488 g/mol. The lowest BCUT2D eigenvalue weighted by Crippen LogP contribution is -2.32. The van der Waals surface area contributed by atoms with Crippen molar-refractivity contribution in [2.75, 3.05) is 51.5 Å². The summed E-state index contributed by atoms with van der Waals surface area (Å²) in [7, 11) is 5.07. The summed E-state index contributed by atoms with van der Waals surface area (Å²) >= 11 is 0. The Morgan fingerprint density at radius 1 is 1.11 bits per heavy atom. The van der Waals surface area contributed by atoms with Crippen molar-refractivity contribution in [3.8, 4) is 11.6 Å². The molecule has 2 aromatic carbocycles. The van der Waals surface area contributed by atoms with Crippen LogP contribution in [0.25, 0.3) is 11.0 Å². The van der Waals surface area contributed by atoms with Crippen molar-refractivity contribution >= 4 is 40.1 Å². The lowest BCUT2D eigenvalue weighted by molar-refractivity contribution is -0.117. The van der Waals surface area contributed by atoms with Gasteiger partial charge >= 0.3 is 0 Å². The summed E-state index contributed by atoms with van der Waals surface area (Å²) in [5.41, 5.74) is 2.38. The average Bonchev–Trinajstić information content (AvgIpc) is 3.22. The first-order valence-corrected chi connectivity index (χ1v) is 12.0. The van der Waals surface area contributed by atoms with E-state index in [2.05, 4.69) is 25.9 Å². The molecule has 0 saturated carbocycles. The van der Waals surface area contributed by atoms with Crippen LogP contribution < -0.4 is 20.7 Å². The third kappa shape index (κ3) is 6.64. The summed E-state index contributed by atoms with van der Waals surface area (Å²) in [5.74, 6) is 1.33. The lowest BCUT2D eigenvalue weighted by atomic mass is 10.1. The molecule has 38 heavy (non-hydrogen) atoms. The maximum atomic E-state index is 12.3. The standard InChI is InChI=1S/C27H30N6O5/c1-17-25(26(35)28-2)21-9-8-20(15-22(21)37-17)38-24-10-11-29-27(32-24)31-19-7-5-6-18(14-19)30-23(34)16-33(3)12-13-36-4/h5-11,14-15H,12-13,16H2,1-4H3,(H,28,35)(H,30,34)(H,29,31,32). The van der Waals surface area contributed by atoms with Crippen LogP contribution in [0, 0.1) is 6.92 Å². The van der Waals surface area contributed by atoms with Gasteiger partial charge in [0, 0.05) is 55.8 Å². The number of aromatic nitrogens is 2. The molecule has 11 nitrogen and oxygen atoms in total. The summed E-state index contributed by atoms with van der Waals surface area (Å²) in [6.45, 7) is 3.21. The van der Waals surface area contributed by atoms with Crippen LogP contribution in [0.5, 0.6) is 11.6 Å². The van der Waals surface area contributed by atoms with E-state index in [-0.39, 0.29) is 18.4 Å². The molecule has 2 heterocycles. The normalized spacial score (nSPS) is 11.0. The SMILES string of the molecule is CNC(=O)c1c(C)oc2cc(Oc3ccnc(Nc4cccc(NC(=O)CN(C)CCOC)c4)n3)ccc12. The van der Waals surface area contributed by atoms with Crippen molar-refractivity contribution in [1.82, 2.24) is 20.2 Å². The van der Waals surface area contributed by atoms with Gasteiger partial charge in [-0.05, 0) is 44.3 Å². The van der Waals surface area contributed by atoms with Crippen LogP contribution in [0.2, 0.25) is 0 Å². The van der Waals surface area contributed by atoms with E-state index < -0.39 is 0 Å². The minimum absolute atomic E-state index is 0.126. The quantitative estimate of drug-likeness (QED) is 0.270. The first kappa shape index (κ1) is 26.6. The van der Waals surface area contributed by atoms with Crippen molar-refractivity contribution in [3.63, 3.8) is 0 Å². The number of aryl methyl sites for hydroxylation is 1. The maximum Gasteiger partial charge on any atom is 0.255 e. The van der Waals surface area contributed by atoms with Crippen LogP contribution in [0.15, 0.2) is 59.1 Å². The highest BCUT2D eigenvalue weighted by atomic mass is 16.5. The van der Waals surface area contributed by atoms with Crippen LogP contribution in [-0.2, 0) is 9.53 Å². The fourth-order valence-electron chi connectivity index (χ4n) is 3.83. The number of likely N-dealkylation sites (N-methyl/N-ethyl adjacent to an activating group) is 1. The molecule has 0 spiro atoms. The summed E-state index contributed by atoms with van der Waals surface area (Å²) in [6.07, 6.45) is 1.57. The van der Waals surface area contributed by atoms with Crippen LogP contribution in [0.1, 0.15) is 16.1 Å². The number of carbonyl (C=O) groups excluding carboxylic acids is 2. The van der Waals surface area contributed by atoms with E-state index in [4.69, 9.17) is 13.9 Å². The third-order valence-corrected chi connectivity index (χ3v) is 5.64. The minimum atomic E-state index is -0.209. The van der Waals surface area contributed by atoms with Gasteiger partial charge in [0.15, 0.2) is 0 Å². The Labute approximate surface area is 220 Å². The fourth-order valence-corrected chi connectivity index (χ4v) is 3.83. The molecule has 0 unspecified atom stereocenters. The van der Waals surface area contributed by atoms with Gasteiger partial charge in [-0.3, -0.25) is 14.5 Å². The first-order valence-electron chi connectivity index (χ1n) is 12.0. The molecule has 198 valence electrons. The number of nitrogens with zero attached hydrogens (tertiary/aromatic N) is 3. The molecule has 0 saturated heterocycles. The Hall–Kier alpha value is -4.48. The smallest absolute Gasteiger partial charge is 0.255 e. The second-order valence-corrected chi connectivity index (χ2v) is 8.58. The van der Waals surface area contributed by atoms with Gasteiger partial charge in [-0.2, -0.15) is 4.98 Å². The Morgan fingerprint density at radius 3 is 2.71 bits per heavy atom. The highest BCUT2D eigenvalue weighted by Crippen LogP contribution is 2.31. The zero-order valence-electron chi connectivity index (χ0n) is 21.7. The number of fused-ring (bicyclic) bond motifs is 1. The number of furan rings is 1. The van der Waals surface area contributed by atoms with Gasteiger partial charge in [0.1, 0.15) is 17.1 Å². The lowest BCUT2D eigenvalue weighted by Gasteiger charge is -2.16. The molecule has 11 heteroatoms. The molecule has 0 radical (unpaired) electrons. The van der Waals surface area contributed by atoms with Crippen molar-refractivity contribution in [2.45, 2.75) is 6.92 Å². The molecule has 0 fully saturated rings. The van der Waals surface area contributed by atoms with Crippen molar-refractivity contribution in [1.29, 1.82) is 0 Å².